The van der Waals surface area contributed by atoms with Gasteiger partial charge in [0.25, 0.3) is 0 Å². The van der Waals surface area contributed by atoms with E-state index in [-0.39, 0.29) is 21.6 Å². The molecule has 1 heterocycles. The van der Waals surface area contributed by atoms with Gasteiger partial charge in [-0.05, 0) is 31.4 Å². The van der Waals surface area contributed by atoms with E-state index in [1.165, 1.54) is 4.31 Å². The largest absolute Gasteiger partial charge is 0.396 e. The van der Waals surface area contributed by atoms with Gasteiger partial charge in [-0.25, -0.2) is 12.8 Å². The molecule has 106 valence electrons. The molecule has 4 nitrogen and oxygen atoms in total. The second-order valence-corrected chi connectivity index (χ2v) is 7.33. The molecule has 19 heavy (non-hydrogen) atoms. The smallest absolute Gasteiger partial charge is 0.244 e. The molecule has 1 aromatic rings. The van der Waals surface area contributed by atoms with Crippen LogP contribution in [0.1, 0.15) is 20.3 Å². The summed E-state index contributed by atoms with van der Waals surface area (Å²) in [6, 6.07) is 1.93. The highest BCUT2D eigenvalue weighted by Gasteiger charge is 2.37. The number of benzene rings is 1. The van der Waals surface area contributed by atoms with E-state index in [2.05, 4.69) is 0 Å². The molecule has 1 saturated heterocycles. The maximum atomic E-state index is 13.2. The highest BCUT2D eigenvalue weighted by Crippen LogP contribution is 2.33. The second-order valence-electron chi connectivity index (χ2n) is 5.07. The zero-order valence-corrected chi connectivity index (χ0v) is 12.3. The zero-order valence-electron chi connectivity index (χ0n) is 10.7. The Labute approximate surface area is 117 Å². The summed E-state index contributed by atoms with van der Waals surface area (Å²) in [7, 11) is -3.74. The van der Waals surface area contributed by atoms with Crippen LogP contribution in [0.4, 0.5) is 10.1 Å². The van der Waals surface area contributed by atoms with Gasteiger partial charge in [0.2, 0.25) is 10.0 Å². The van der Waals surface area contributed by atoms with Crippen molar-refractivity contribution >= 4 is 27.3 Å². The minimum atomic E-state index is -3.74. The predicted molar refractivity (Wildman–Crippen MR) is 73.0 cm³/mol. The first kappa shape index (κ1) is 14.6. The van der Waals surface area contributed by atoms with Crippen LogP contribution in [0, 0.1) is 11.7 Å². The van der Waals surface area contributed by atoms with Crippen LogP contribution < -0.4 is 5.73 Å². The van der Waals surface area contributed by atoms with Crippen LogP contribution in [0.3, 0.4) is 0 Å². The number of nitrogens with zero attached hydrogens (tertiary/aromatic N) is 1. The molecule has 2 rings (SSSR count). The van der Waals surface area contributed by atoms with Gasteiger partial charge < -0.3 is 5.73 Å². The molecule has 0 aliphatic carbocycles. The molecule has 0 radical (unpaired) electrons. The Balaban J connectivity index is 2.49. The molecular formula is C12H16ClFN2O2S. The lowest BCUT2D eigenvalue weighted by Gasteiger charge is -2.21. The van der Waals surface area contributed by atoms with Crippen LogP contribution >= 0.6 is 11.6 Å². The van der Waals surface area contributed by atoms with Crippen LogP contribution in [0.5, 0.6) is 0 Å². The van der Waals surface area contributed by atoms with Crippen LogP contribution in [0.2, 0.25) is 5.02 Å². The molecule has 2 atom stereocenters. The van der Waals surface area contributed by atoms with E-state index < -0.39 is 15.8 Å². The van der Waals surface area contributed by atoms with Gasteiger partial charge in [0.05, 0.1) is 10.7 Å². The van der Waals surface area contributed by atoms with Gasteiger partial charge in [-0.15, -0.1) is 0 Å². The standard InChI is InChI=1S/C12H16ClFN2O2S/c1-7-3-8(2)16(6-7)19(17,18)12-5-11(15)10(14)4-9(12)13/h4-5,7-8H,3,6,15H2,1-2H3. The summed E-state index contributed by atoms with van der Waals surface area (Å²) in [6.07, 6.45) is 0.799. The third-order valence-corrected chi connectivity index (χ3v) is 5.81. The van der Waals surface area contributed by atoms with Gasteiger partial charge in [0, 0.05) is 12.6 Å². The van der Waals surface area contributed by atoms with Crippen LogP contribution in [-0.4, -0.2) is 25.3 Å². The predicted octanol–water partition coefficient (Wildman–Crippen LogP) is 2.48. The molecule has 0 aromatic heterocycles. The van der Waals surface area contributed by atoms with Crippen LogP contribution in [-0.2, 0) is 10.0 Å². The van der Waals surface area contributed by atoms with E-state index in [9.17, 15) is 12.8 Å². The van der Waals surface area contributed by atoms with Gasteiger partial charge in [0.1, 0.15) is 10.7 Å². The minimum absolute atomic E-state index is 0.0951. The van der Waals surface area contributed by atoms with Gasteiger partial charge >= 0.3 is 0 Å². The first-order valence-corrected chi connectivity index (χ1v) is 7.81. The number of nitrogen functional groups attached to an aromatic ring is 1. The Kier molecular flexibility index (Phi) is 3.77. The van der Waals surface area contributed by atoms with Crippen molar-refractivity contribution in [2.24, 2.45) is 5.92 Å². The Bertz CT molecular complexity index is 606. The third-order valence-electron chi connectivity index (χ3n) is 3.36. The highest BCUT2D eigenvalue weighted by molar-refractivity contribution is 7.89. The summed E-state index contributed by atoms with van der Waals surface area (Å²) in [5, 5.41) is -0.140. The zero-order chi connectivity index (χ0) is 14.4. The van der Waals surface area contributed by atoms with Crippen molar-refractivity contribution < 1.29 is 12.8 Å². The number of anilines is 1. The number of halogens is 2. The fourth-order valence-electron chi connectivity index (χ4n) is 2.47. The van der Waals surface area contributed by atoms with Crippen molar-refractivity contribution in [2.45, 2.75) is 31.2 Å². The van der Waals surface area contributed by atoms with Gasteiger partial charge in [-0.3, -0.25) is 0 Å². The SMILES string of the molecule is CC1CC(C)N(S(=O)(=O)c2cc(N)c(F)cc2Cl)C1. The normalized spacial score (nSPS) is 24.8. The second kappa shape index (κ2) is 4.92. The van der Waals surface area contributed by atoms with Crippen molar-refractivity contribution in [3.63, 3.8) is 0 Å². The maximum Gasteiger partial charge on any atom is 0.244 e. The summed E-state index contributed by atoms with van der Waals surface area (Å²) in [5.74, 6) is -0.423. The lowest BCUT2D eigenvalue weighted by Crippen LogP contribution is -2.34. The number of hydrogen-bond donors (Lipinski definition) is 1. The van der Waals surface area contributed by atoms with E-state index >= 15 is 0 Å². The quantitative estimate of drug-likeness (QED) is 0.854. The van der Waals surface area contributed by atoms with E-state index in [1.54, 1.807) is 0 Å². The summed E-state index contributed by atoms with van der Waals surface area (Å²) in [5.41, 5.74) is 5.21. The maximum absolute atomic E-state index is 13.2. The Morgan fingerprint density at radius 3 is 2.58 bits per heavy atom. The van der Waals surface area contributed by atoms with E-state index in [1.807, 2.05) is 13.8 Å². The fourth-order valence-corrected chi connectivity index (χ4v) is 4.75. The lowest BCUT2D eigenvalue weighted by molar-refractivity contribution is 0.405. The van der Waals surface area contributed by atoms with Crippen molar-refractivity contribution in [1.29, 1.82) is 0 Å². The molecule has 1 aliphatic rings. The minimum Gasteiger partial charge on any atom is -0.396 e. The molecule has 2 unspecified atom stereocenters. The first-order chi connectivity index (χ1) is 8.73. The van der Waals surface area contributed by atoms with Crippen LogP contribution in [0.15, 0.2) is 17.0 Å². The van der Waals surface area contributed by atoms with E-state index in [0.29, 0.717) is 12.5 Å². The summed E-state index contributed by atoms with van der Waals surface area (Å²) in [4.78, 5) is -0.131. The molecule has 1 aliphatic heterocycles. The summed E-state index contributed by atoms with van der Waals surface area (Å²) in [6.45, 7) is 4.28. The van der Waals surface area contributed by atoms with Crippen LogP contribution in [0.25, 0.3) is 0 Å². The number of hydrogen-bond acceptors (Lipinski definition) is 3. The molecular weight excluding hydrogens is 291 g/mol. The Hall–Kier alpha value is -0.850. The molecule has 1 aromatic carbocycles. The number of nitrogens with two attached hydrogens (primary N) is 1. The summed E-state index contributed by atoms with van der Waals surface area (Å²) < 4.78 is 39.7. The van der Waals surface area contributed by atoms with E-state index in [4.69, 9.17) is 17.3 Å². The van der Waals surface area contributed by atoms with Crippen molar-refractivity contribution in [2.75, 3.05) is 12.3 Å². The fraction of sp³-hybridized carbons (Fsp3) is 0.500. The molecule has 7 heteroatoms. The molecule has 0 spiro atoms. The third kappa shape index (κ3) is 2.57. The molecule has 0 amide bonds. The average molecular weight is 307 g/mol. The van der Waals surface area contributed by atoms with Crippen molar-refractivity contribution in [3.05, 3.63) is 23.0 Å². The Morgan fingerprint density at radius 1 is 1.42 bits per heavy atom. The van der Waals surface area contributed by atoms with Gasteiger partial charge in [0.15, 0.2) is 0 Å². The lowest BCUT2D eigenvalue weighted by atomic mass is 10.1. The average Bonchev–Trinajstić information content (AvgIpc) is 2.63. The highest BCUT2D eigenvalue weighted by atomic mass is 35.5. The molecule has 2 N–H and O–H groups in total. The monoisotopic (exact) mass is 306 g/mol. The topological polar surface area (TPSA) is 63.4 Å². The number of rotatable bonds is 2. The molecule has 0 bridgehead atoms. The summed E-state index contributed by atoms with van der Waals surface area (Å²) >= 11 is 5.85. The van der Waals surface area contributed by atoms with Gasteiger partial charge in [-0.2, -0.15) is 4.31 Å². The van der Waals surface area contributed by atoms with E-state index in [0.717, 1.165) is 18.6 Å². The first-order valence-electron chi connectivity index (χ1n) is 6.00. The Morgan fingerprint density at radius 2 is 2.05 bits per heavy atom. The number of sulfonamides is 1. The molecule has 0 saturated carbocycles. The molecule has 1 fully saturated rings. The van der Waals surface area contributed by atoms with Crippen molar-refractivity contribution in [1.82, 2.24) is 4.31 Å². The van der Waals surface area contributed by atoms with Crippen molar-refractivity contribution in [3.8, 4) is 0 Å². The van der Waals surface area contributed by atoms with Gasteiger partial charge in [-0.1, -0.05) is 18.5 Å².